The summed E-state index contributed by atoms with van der Waals surface area (Å²) in [6, 6.07) is 5.81. The predicted octanol–water partition coefficient (Wildman–Crippen LogP) is 4.76. The Morgan fingerprint density at radius 2 is 1.98 bits per heavy atom. The number of halogens is 3. The first-order valence-electron chi connectivity index (χ1n) is 14.7. The number of H-pyrrole nitrogens is 1. The Kier molecular flexibility index (Phi) is 6.36. The van der Waals surface area contributed by atoms with E-state index in [2.05, 4.69) is 36.5 Å². The van der Waals surface area contributed by atoms with Crippen LogP contribution in [0.1, 0.15) is 30.4 Å². The summed E-state index contributed by atoms with van der Waals surface area (Å²) >= 11 is 1.19. The minimum atomic E-state index is -4.65. The van der Waals surface area contributed by atoms with Crippen LogP contribution in [-0.2, 0) is 16.0 Å². The summed E-state index contributed by atoms with van der Waals surface area (Å²) in [6.07, 6.45) is 1.54. The zero-order chi connectivity index (χ0) is 32.2. The standard InChI is InChI=1S/C30H27F3N8O3S2/c1-14-7-19-18(9-36-40-19)21(23(14)30(31,32)33)24-25-17(5-6-35-24)22-26(41-10-15-3-4-16(11-41)37-15)38-28(39-27(22)45-25)44-13-29(12-34)8-20(29)46(2,42)43/h5-7,9,15-16,20,37H,3-4,8,10-11,13H2,1-2H3,(H,36,40)/t15?,16?,20?,29-/m1/s1. The number of anilines is 1. The SMILES string of the molecule is Cc1cc2[nH]ncc2c(-c2nccc3c2sc2nc(OC[C@]4(C#N)CC4S(C)(=O)=O)nc(N4CC5CCC(C4)N5)c23)c1C(F)(F)F. The number of hydrogen-bond acceptors (Lipinski definition) is 11. The number of benzene rings is 1. The third-order valence-corrected chi connectivity index (χ3v) is 12.2. The highest BCUT2D eigenvalue weighted by Gasteiger charge is 2.61. The third kappa shape index (κ3) is 4.58. The van der Waals surface area contributed by atoms with Crippen molar-refractivity contribution in [1.82, 2.24) is 30.5 Å². The molecule has 2 aliphatic heterocycles. The molecule has 0 spiro atoms. The maximum atomic E-state index is 14.6. The van der Waals surface area contributed by atoms with Gasteiger partial charge in [-0.2, -0.15) is 33.5 Å². The van der Waals surface area contributed by atoms with Gasteiger partial charge >= 0.3 is 12.2 Å². The van der Waals surface area contributed by atoms with Crippen molar-refractivity contribution >= 4 is 58.2 Å². The second-order valence-corrected chi connectivity index (χ2v) is 15.8. The van der Waals surface area contributed by atoms with Crippen molar-refractivity contribution < 1.29 is 26.3 Å². The van der Waals surface area contributed by atoms with Gasteiger partial charge in [0.05, 0.1) is 44.4 Å². The van der Waals surface area contributed by atoms with Crippen LogP contribution in [0.15, 0.2) is 24.5 Å². The van der Waals surface area contributed by atoms with Gasteiger partial charge in [0.2, 0.25) is 0 Å². The lowest BCUT2D eigenvalue weighted by Crippen LogP contribution is -2.51. The summed E-state index contributed by atoms with van der Waals surface area (Å²) in [5.74, 6) is 0.581. The Morgan fingerprint density at radius 3 is 2.65 bits per heavy atom. The van der Waals surface area contributed by atoms with Crippen LogP contribution in [0.2, 0.25) is 0 Å². The van der Waals surface area contributed by atoms with E-state index in [1.807, 2.05) is 0 Å². The number of nitrogens with one attached hydrogen (secondary N) is 2. The molecule has 8 rings (SSSR count). The number of aromatic nitrogens is 5. The number of piperazine rings is 1. The number of hydrogen-bond donors (Lipinski definition) is 2. The number of rotatable bonds is 6. The van der Waals surface area contributed by atoms with Gasteiger partial charge in [0, 0.05) is 54.0 Å². The average Bonchev–Trinajstić information content (AvgIpc) is 3.21. The summed E-state index contributed by atoms with van der Waals surface area (Å²) in [7, 11) is -3.45. The zero-order valence-corrected chi connectivity index (χ0v) is 26.3. The highest BCUT2D eigenvalue weighted by Crippen LogP contribution is 2.51. The fourth-order valence-corrected chi connectivity index (χ4v) is 9.86. The van der Waals surface area contributed by atoms with Gasteiger partial charge in [0.15, 0.2) is 9.84 Å². The first-order chi connectivity index (χ1) is 21.9. The minimum Gasteiger partial charge on any atom is -0.462 e. The minimum absolute atomic E-state index is 0.0213. The van der Waals surface area contributed by atoms with E-state index in [4.69, 9.17) is 9.72 Å². The van der Waals surface area contributed by atoms with Crippen LogP contribution in [0, 0.1) is 23.7 Å². The number of ether oxygens (including phenoxy) is 1. The van der Waals surface area contributed by atoms with E-state index in [0.29, 0.717) is 50.1 Å². The maximum absolute atomic E-state index is 14.6. The van der Waals surface area contributed by atoms with Gasteiger partial charge in [-0.05, 0) is 43.9 Å². The molecule has 2 bridgehead atoms. The molecule has 3 unspecified atom stereocenters. The number of nitriles is 1. The van der Waals surface area contributed by atoms with Gasteiger partial charge < -0.3 is 15.0 Å². The molecule has 3 aliphatic rings. The summed E-state index contributed by atoms with van der Waals surface area (Å²) in [6.45, 7) is 2.56. The molecular formula is C30H27F3N8O3S2. The molecule has 46 heavy (non-hydrogen) atoms. The summed E-state index contributed by atoms with van der Waals surface area (Å²) < 4.78 is 74.7. The van der Waals surface area contributed by atoms with Crippen molar-refractivity contribution in [2.75, 3.05) is 30.9 Å². The largest absolute Gasteiger partial charge is 0.462 e. The molecule has 238 valence electrons. The van der Waals surface area contributed by atoms with Crippen molar-refractivity contribution in [2.45, 2.75) is 49.7 Å². The summed E-state index contributed by atoms with van der Waals surface area (Å²) in [5, 5.41) is 21.1. The molecule has 1 saturated carbocycles. The third-order valence-electron chi connectivity index (χ3n) is 9.39. The fraction of sp³-hybridized carbons (Fsp3) is 0.433. The lowest BCUT2D eigenvalue weighted by Gasteiger charge is -2.34. The number of aromatic amines is 1. The number of pyridine rings is 1. The number of fused-ring (bicyclic) bond motifs is 6. The molecule has 0 amide bonds. The van der Waals surface area contributed by atoms with Crippen LogP contribution in [-0.4, -0.2) is 76.9 Å². The summed E-state index contributed by atoms with van der Waals surface area (Å²) in [5.41, 5.74) is -1.35. The Bertz CT molecular complexity index is 2220. The number of alkyl halides is 3. The topological polar surface area (TPSA) is 150 Å². The van der Waals surface area contributed by atoms with E-state index in [1.54, 1.807) is 6.07 Å². The molecular weight excluding hydrogens is 642 g/mol. The van der Waals surface area contributed by atoms with Crippen molar-refractivity contribution in [3.63, 3.8) is 0 Å². The molecule has 5 aromatic rings. The van der Waals surface area contributed by atoms with Gasteiger partial charge in [0.1, 0.15) is 22.7 Å². The van der Waals surface area contributed by atoms with Crippen LogP contribution in [0.25, 0.3) is 42.5 Å². The molecule has 11 nitrogen and oxygen atoms in total. The van der Waals surface area contributed by atoms with Crippen molar-refractivity contribution in [3.8, 4) is 23.3 Å². The number of thiophene rings is 1. The smallest absolute Gasteiger partial charge is 0.417 e. The Balaban J connectivity index is 1.32. The van der Waals surface area contributed by atoms with Gasteiger partial charge in [-0.25, -0.2) is 8.42 Å². The van der Waals surface area contributed by atoms with Crippen molar-refractivity contribution in [2.24, 2.45) is 5.41 Å². The lowest BCUT2D eigenvalue weighted by molar-refractivity contribution is -0.137. The molecule has 4 atom stereocenters. The van der Waals surface area contributed by atoms with E-state index >= 15 is 0 Å². The van der Waals surface area contributed by atoms with Gasteiger partial charge in [0.25, 0.3) is 0 Å². The first kappa shape index (κ1) is 29.3. The molecule has 3 fully saturated rings. The van der Waals surface area contributed by atoms with E-state index in [9.17, 15) is 26.9 Å². The normalized spacial score (nSPS) is 24.6. The fourth-order valence-electron chi connectivity index (χ4n) is 7.17. The van der Waals surface area contributed by atoms with Gasteiger partial charge in [-0.15, -0.1) is 11.3 Å². The Morgan fingerprint density at radius 1 is 1.22 bits per heavy atom. The maximum Gasteiger partial charge on any atom is 0.417 e. The molecule has 16 heteroatoms. The van der Waals surface area contributed by atoms with Crippen LogP contribution in [0.5, 0.6) is 6.01 Å². The van der Waals surface area contributed by atoms with Crippen molar-refractivity contribution in [1.29, 1.82) is 5.26 Å². The van der Waals surface area contributed by atoms with E-state index in [0.717, 1.165) is 19.1 Å². The Hall–Kier alpha value is -4.07. The monoisotopic (exact) mass is 668 g/mol. The lowest BCUT2D eigenvalue weighted by atomic mass is 9.94. The molecule has 4 aromatic heterocycles. The van der Waals surface area contributed by atoms with Crippen LogP contribution in [0.3, 0.4) is 0 Å². The second kappa shape index (κ2) is 9.96. The molecule has 2 saturated heterocycles. The predicted molar refractivity (Wildman–Crippen MR) is 166 cm³/mol. The molecule has 0 radical (unpaired) electrons. The molecule has 1 aliphatic carbocycles. The van der Waals surface area contributed by atoms with Crippen molar-refractivity contribution in [3.05, 3.63) is 35.7 Å². The van der Waals surface area contributed by atoms with E-state index in [-0.39, 0.29) is 47.9 Å². The highest BCUT2D eigenvalue weighted by atomic mass is 32.2. The molecule has 1 aromatic carbocycles. The first-order valence-corrected chi connectivity index (χ1v) is 17.5. The van der Waals surface area contributed by atoms with E-state index in [1.165, 1.54) is 36.7 Å². The van der Waals surface area contributed by atoms with E-state index < -0.39 is 32.2 Å². The second-order valence-electron chi connectivity index (χ2n) is 12.5. The van der Waals surface area contributed by atoms with Crippen LogP contribution >= 0.6 is 11.3 Å². The highest BCUT2D eigenvalue weighted by molar-refractivity contribution is 7.91. The average molecular weight is 669 g/mol. The number of sulfone groups is 1. The number of nitrogens with zero attached hydrogens (tertiary/aromatic N) is 6. The quantitative estimate of drug-likeness (QED) is 0.259. The van der Waals surface area contributed by atoms with Crippen LogP contribution < -0.4 is 15.0 Å². The Labute approximate surface area is 264 Å². The van der Waals surface area contributed by atoms with Crippen LogP contribution in [0.4, 0.5) is 19.0 Å². The summed E-state index contributed by atoms with van der Waals surface area (Å²) in [4.78, 5) is 16.6. The zero-order valence-electron chi connectivity index (χ0n) is 24.6. The van der Waals surface area contributed by atoms with Gasteiger partial charge in [-0.1, -0.05) is 0 Å². The molecule has 6 heterocycles. The van der Waals surface area contributed by atoms with Gasteiger partial charge in [-0.3, -0.25) is 10.1 Å². The molecule has 2 N–H and O–H groups in total. The number of aryl methyl sites for hydroxylation is 1.